The number of hydrogen-bond donors (Lipinski definition) is 1. The van der Waals surface area contributed by atoms with Gasteiger partial charge >= 0.3 is 0 Å². The number of sulfone groups is 1. The quantitative estimate of drug-likeness (QED) is 0.653. The zero-order chi connectivity index (χ0) is 8.32. The van der Waals surface area contributed by atoms with Gasteiger partial charge in [0.2, 0.25) is 0 Å². The van der Waals surface area contributed by atoms with Crippen molar-refractivity contribution in [1.82, 2.24) is 0 Å². The van der Waals surface area contributed by atoms with Crippen LogP contribution in [0.15, 0.2) is 0 Å². The molecule has 1 heterocycles. The maximum atomic E-state index is 11.0. The Bertz CT molecular complexity index is 196. The van der Waals surface area contributed by atoms with Crippen molar-refractivity contribution in [3.63, 3.8) is 0 Å². The minimum absolute atomic E-state index is 0.373. The van der Waals surface area contributed by atoms with Crippen LogP contribution >= 0.6 is 0 Å². The molecule has 0 aromatic rings. The lowest BCUT2D eigenvalue weighted by molar-refractivity contribution is 0.441. The second kappa shape index (κ2) is 3.54. The Kier molecular flexibility index (Phi) is 2.90. The first kappa shape index (κ1) is 9.00. The van der Waals surface area contributed by atoms with E-state index in [9.17, 15) is 8.42 Å². The number of nitrogens with two attached hydrogens (primary N) is 1. The molecule has 0 amide bonds. The zero-order valence-electron chi connectivity index (χ0n) is 6.62. The summed E-state index contributed by atoms with van der Waals surface area (Å²) in [6.45, 7) is 0.685. The average Bonchev–Trinajstić information content (AvgIpc) is 1.94. The van der Waals surface area contributed by atoms with Crippen LogP contribution in [0.25, 0.3) is 0 Å². The minimum atomic E-state index is -2.67. The minimum Gasteiger partial charge on any atom is -0.330 e. The summed E-state index contributed by atoms with van der Waals surface area (Å²) < 4.78 is 21.9. The van der Waals surface area contributed by atoms with Crippen molar-refractivity contribution in [3.05, 3.63) is 0 Å². The summed E-state index contributed by atoms with van der Waals surface area (Å²) in [4.78, 5) is 0. The fourth-order valence-electron chi connectivity index (χ4n) is 1.46. The molecular weight excluding hydrogens is 162 g/mol. The van der Waals surface area contributed by atoms with E-state index in [2.05, 4.69) is 0 Å². The van der Waals surface area contributed by atoms with Crippen LogP contribution < -0.4 is 5.73 Å². The van der Waals surface area contributed by atoms with Gasteiger partial charge in [-0.1, -0.05) is 0 Å². The molecule has 0 radical (unpaired) electrons. The van der Waals surface area contributed by atoms with E-state index in [1.54, 1.807) is 0 Å². The summed E-state index contributed by atoms with van der Waals surface area (Å²) in [5.74, 6) is 1.30. The lowest BCUT2D eigenvalue weighted by Gasteiger charge is -2.20. The summed E-state index contributed by atoms with van der Waals surface area (Å²) in [7, 11) is -2.67. The van der Waals surface area contributed by atoms with Gasteiger partial charge in [-0.2, -0.15) is 0 Å². The van der Waals surface area contributed by atoms with Crippen LogP contribution in [0.1, 0.15) is 19.3 Å². The molecule has 4 heteroatoms. The van der Waals surface area contributed by atoms with E-state index >= 15 is 0 Å². The molecule has 11 heavy (non-hydrogen) atoms. The molecule has 3 nitrogen and oxygen atoms in total. The Balaban J connectivity index is 2.36. The monoisotopic (exact) mass is 177 g/mol. The molecule has 0 aromatic carbocycles. The second-order valence-corrected chi connectivity index (χ2v) is 5.48. The lowest BCUT2D eigenvalue weighted by Crippen LogP contribution is -2.24. The molecule has 66 valence electrons. The van der Waals surface area contributed by atoms with Gasteiger partial charge < -0.3 is 5.73 Å². The van der Waals surface area contributed by atoms with E-state index in [4.69, 9.17) is 5.73 Å². The Morgan fingerprint density at radius 2 is 1.82 bits per heavy atom. The highest BCUT2D eigenvalue weighted by molar-refractivity contribution is 7.91. The van der Waals surface area contributed by atoms with Crippen LogP contribution in [0.4, 0.5) is 0 Å². The zero-order valence-corrected chi connectivity index (χ0v) is 7.44. The molecule has 1 aliphatic rings. The lowest BCUT2D eigenvalue weighted by atomic mass is 9.99. The van der Waals surface area contributed by atoms with Gasteiger partial charge in [0.05, 0.1) is 11.5 Å². The van der Waals surface area contributed by atoms with Gasteiger partial charge in [0.1, 0.15) is 9.84 Å². The molecule has 1 fully saturated rings. The van der Waals surface area contributed by atoms with E-state index in [-0.39, 0.29) is 0 Å². The van der Waals surface area contributed by atoms with Gasteiger partial charge in [0, 0.05) is 0 Å². The third-order valence-corrected chi connectivity index (χ3v) is 3.96. The van der Waals surface area contributed by atoms with Gasteiger partial charge in [-0.3, -0.25) is 0 Å². The van der Waals surface area contributed by atoms with E-state index < -0.39 is 9.84 Å². The molecule has 1 rings (SSSR count). The first-order valence-corrected chi connectivity index (χ1v) is 5.87. The molecule has 1 aliphatic heterocycles. The smallest absolute Gasteiger partial charge is 0.150 e. The van der Waals surface area contributed by atoms with Gasteiger partial charge in [-0.15, -0.1) is 0 Å². The van der Waals surface area contributed by atoms with Gasteiger partial charge in [0.15, 0.2) is 0 Å². The number of hydrogen-bond acceptors (Lipinski definition) is 3. The maximum absolute atomic E-state index is 11.0. The van der Waals surface area contributed by atoms with E-state index in [0.717, 1.165) is 19.3 Å². The molecule has 2 N–H and O–H groups in total. The Morgan fingerprint density at radius 3 is 2.27 bits per heavy atom. The fourth-order valence-corrected chi connectivity index (χ4v) is 3.05. The van der Waals surface area contributed by atoms with Crippen LogP contribution in [-0.4, -0.2) is 26.5 Å². The SMILES string of the molecule is NCCC1CCS(=O)(=O)CC1. The second-order valence-electron chi connectivity index (χ2n) is 3.17. The molecule has 0 unspecified atom stereocenters. The van der Waals surface area contributed by atoms with Crippen molar-refractivity contribution in [2.45, 2.75) is 19.3 Å². The normalized spacial score (nSPS) is 25.2. The third kappa shape index (κ3) is 2.79. The molecule has 0 bridgehead atoms. The van der Waals surface area contributed by atoms with E-state index in [1.165, 1.54) is 0 Å². The number of rotatable bonds is 2. The predicted octanol–water partition coefficient (Wildman–Crippen LogP) is 0.160. The molecule has 0 aromatic heterocycles. The highest BCUT2D eigenvalue weighted by Gasteiger charge is 2.22. The van der Waals surface area contributed by atoms with Crippen LogP contribution in [0.2, 0.25) is 0 Å². The average molecular weight is 177 g/mol. The first-order chi connectivity index (χ1) is 5.14. The standard InChI is InChI=1S/C7H15NO2S/c8-4-1-7-2-5-11(9,10)6-3-7/h7H,1-6,8H2. The van der Waals surface area contributed by atoms with E-state index in [0.29, 0.717) is 24.0 Å². The van der Waals surface area contributed by atoms with Gasteiger partial charge in [-0.05, 0) is 31.7 Å². The van der Waals surface area contributed by atoms with E-state index in [1.807, 2.05) is 0 Å². The highest BCUT2D eigenvalue weighted by atomic mass is 32.2. The molecule has 1 saturated heterocycles. The Labute approximate surface area is 67.9 Å². The third-order valence-electron chi connectivity index (χ3n) is 2.25. The van der Waals surface area contributed by atoms with Crippen LogP contribution in [-0.2, 0) is 9.84 Å². The summed E-state index contributed by atoms with van der Waals surface area (Å²) in [6, 6.07) is 0. The van der Waals surface area contributed by atoms with Gasteiger partial charge in [-0.25, -0.2) is 8.42 Å². The fraction of sp³-hybridized carbons (Fsp3) is 1.00. The largest absolute Gasteiger partial charge is 0.330 e. The van der Waals surface area contributed by atoms with Crippen molar-refractivity contribution in [1.29, 1.82) is 0 Å². The van der Waals surface area contributed by atoms with Crippen LogP contribution in [0.5, 0.6) is 0 Å². The molecule has 0 saturated carbocycles. The van der Waals surface area contributed by atoms with Crippen LogP contribution in [0, 0.1) is 5.92 Å². The molecule has 0 aliphatic carbocycles. The molecular formula is C7H15NO2S. The first-order valence-electron chi connectivity index (χ1n) is 4.04. The Hall–Kier alpha value is -0.0900. The molecule has 0 spiro atoms. The van der Waals surface area contributed by atoms with Crippen LogP contribution in [0.3, 0.4) is 0 Å². The van der Waals surface area contributed by atoms with Crippen molar-refractivity contribution >= 4 is 9.84 Å². The van der Waals surface area contributed by atoms with Crippen molar-refractivity contribution in [2.24, 2.45) is 11.7 Å². The summed E-state index contributed by atoms with van der Waals surface area (Å²) in [6.07, 6.45) is 2.62. The summed E-state index contributed by atoms with van der Waals surface area (Å²) in [5, 5.41) is 0. The predicted molar refractivity (Wildman–Crippen MR) is 45.0 cm³/mol. The topological polar surface area (TPSA) is 60.2 Å². The van der Waals surface area contributed by atoms with Gasteiger partial charge in [0.25, 0.3) is 0 Å². The Morgan fingerprint density at radius 1 is 1.27 bits per heavy atom. The van der Waals surface area contributed by atoms with Crippen molar-refractivity contribution in [3.8, 4) is 0 Å². The summed E-state index contributed by atoms with van der Waals surface area (Å²) in [5.41, 5.74) is 5.38. The summed E-state index contributed by atoms with van der Waals surface area (Å²) >= 11 is 0. The van der Waals surface area contributed by atoms with Crippen molar-refractivity contribution < 1.29 is 8.42 Å². The van der Waals surface area contributed by atoms with Crippen molar-refractivity contribution in [2.75, 3.05) is 18.1 Å². The highest BCUT2D eigenvalue weighted by Crippen LogP contribution is 2.20. The molecule has 0 atom stereocenters. The maximum Gasteiger partial charge on any atom is 0.150 e.